The maximum absolute atomic E-state index is 12.9. The molecule has 1 saturated heterocycles. The van der Waals surface area contributed by atoms with Gasteiger partial charge in [0.2, 0.25) is 0 Å². The molecule has 0 saturated carbocycles. The summed E-state index contributed by atoms with van der Waals surface area (Å²) in [6, 6.07) is 18.7. The Kier molecular flexibility index (Phi) is 10.8. The average molecular weight is 635 g/mol. The highest BCUT2D eigenvalue weighted by molar-refractivity contribution is 7.88. The molecule has 0 atom stereocenters. The Labute approximate surface area is 263 Å². The molecule has 1 aliphatic rings. The summed E-state index contributed by atoms with van der Waals surface area (Å²) in [7, 11) is -2.56. The first kappa shape index (κ1) is 33.0. The molecule has 0 spiro atoms. The minimum atomic E-state index is -3.94. The lowest BCUT2D eigenvalue weighted by Gasteiger charge is -2.20. The van der Waals surface area contributed by atoms with Gasteiger partial charge in [0.05, 0.1) is 24.5 Å². The molecule has 1 fully saturated rings. The standard InChI is InChI=1S/C29H32N8O5S.C2H6/c1-20(2)26-18-27(32-28(38)31-23-6-10-25(11-7-23)42-17-14-21-12-15-30-16-13-21)37(33-26)24-8-4-22(5-9-24)19-36-35(3)29(39)34-43(36,40)41;1-2/h4-13,15-16,18,20H,14,17,19H2,1-3H3,(H,34,39)(H2,31,32,38);1-2H3. The fraction of sp³-hybridized carbons (Fsp3) is 0.290. The zero-order chi connectivity index (χ0) is 32.6. The SMILES string of the molecule is CC.CC(C)c1cc(NC(=O)Nc2ccc(OCCc3ccncc3)cc2)n(-c2ccc(CN3N(C)C(=O)NS3(=O)=O)cc2)n1. The number of carbonyl (C=O) groups is 2. The Bertz CT molecular complexity index is 1690. The summed E-state index contributed by atoms with van der Waals surface area (Å²) in [5, 5.41) is 11.4. The van der Waals surface area contributed by atoms with Crippen molar-refractivity contribution in [2.24, 2.45) is 0 Å². The molecule has 0 unspecified atom stereocenters. The number of anilines is 2. The summed E-state index contributed by atoms with van der Waals surface area (Å²) in [5.41, 5.74) is 3.83. The number of hydrogen-bond acceptors (Lipinski definition) is 7. The predicted octanol–water partition coefficient (Wildman–Crippen LogP) is 5.30. The third-order valence-corrected chi connectivity index (χ3v) is 8.06. The smallest absolute Gasteiger partial charge is 0.347 e. The van der Waals surface area contributed by atoms with Gasteiger partial charge in [0.25, 0.3) is 0 Å². The van der Waals surface area contributed by atoms with Gasteiger partial charge in [-0.1, -0.05) is 44.2 Å². The maximum atomic E-state index is 12.9. The maximum Gasteiger partial charge on any atom is 0.347 e. The highest BCUT2D eigenvalue weighted by Crippen LogP contribution is 2.24. The van der Waals surface area contributed by atoms with Crippen molar-refractivity contribution in [2.75, 3.05) is 24.3 Å². The van der Waals surface area contributed by atoms with Crippen LogP contribution in [0.1, 0.15) is 50.4 Å². The summed E-state index contributed by atoms with van der Waals surface area (Å²) in [4.78, 5) is 28.7. The number of aromatic nitrogens is 3. The average Bonchev–Trinajstić information content (AvgIpc) is 3.53. The first-order valence-corrected chi connectivity index (χ1v) is 16.0. The van der Waals surface area contributed by atoms with Crippen molar-refractivity contribution in [3.05, 3.63) is 95.9 Å². The molecule has 3 N–H and O–H groups in total. The Morgan fingerprint density at radius 3 is 2.22 bits per heavy atom. The van der Waals surface area contributed by atoms with Gasteiger partial charge in [-0.25, -0.2) is 24.0 Å². The fourth-order valence-corrected chi connectivity index (χ4v) is 5.47. The highest BCUT2D eigenvalue weighted by atomic mass is 32.2. The van der Waals surface area contributed by atoms with E-state index < -0.39 is 22.3 Å². The second-order valence-corrected chi connectivity index (χ2v) is 11.7. The lowest BCUT2D eigenvalue weighted by Crippen LogP contribution is -2.36. The molecule has 4 aromatic rings. The van der Waals surface area contributed by atoms with Gasteiger partial charge in [-0.05, 0) is 65.6 Å². The number of ether oxygens (including phenoxy) is 1. The normalized spacial score (nSPS) is 14.0. The summed E-state index contributed by atoms with van der Waals surface area (Å²) in [6.45, 7) is 8.49. The third-order valence-electron chi connectivity index (χ3n) is 6.70. The Balaban J connectivity index is 0.00000226. The zero-order valence-corrected chi connectivity index (χ0v) is 26.7. The largest absolute Gasteiger partial charge is 0.493 e. The quantitative estimate of drug-likeness (QED) is 0.214. The summed E-state index contributed by atoms with van der Waals surface area (Å²) in [6.07, 6.45) is 4.26. The number of urea groups is 2. The van der Waals surface area contributed by atoms with Crippen LogP contribution < -0.4 is 20.1 Å². The van der Waals surface area contributed by atoms with Crippen LogP contribution in [0.15, 0.2) is 79.1 Å². The molecule has 2 aromatic heterocycles. The van der Waals surface area contributed by atoms with Gasteiger partial charge in [0.15, 0.2) is 0 Å². The van der Waals surface area contributed by atoms with Crippen molar-refractivity contribution in [1.29, 1.82) is 0 Å². The molecular weight excluding hydrogens is 596 g/mol. The Morgan fingerprint density at radius 1 is 0.956 bits per heavy atom. The Morgan fingerprint density at radius 2 is 1.62 bits per heavy atom. The van der Waals surface area contributed by atoms with E-state index in [1.165, 1.54) is 7.05 Å². The van der Waals surface area contributed by atoms with Gasteiger partial charge in [-0.2, -0.15) is 13.5 Å². The van der Waals surface area contributed by atoms with Gasteiger partial charge >= 0.3 is 22.3 Å². The number of amides is 4. The molecule has 0 aliphatic carbocycles. The van der Waals surface area contributed by atoms with Crippen LogP contribution >= 0.6 is 0 Å². The van der Waals surface area contributed by atoms with E-state index >= 15 is 0 Å². The molecule has 1 aliphatic heterocycles. The van der Waals surface area contributed by atoms with Crippen molar-refractivity contribution in [3.63, 3.8) is 0 Å². The summed E-state index contributed by atoms with van der Waals surface area (Å²) < 4.78 is 34.7. The molecule has 0 bridgehead atoms. The van der Waals surface area contributed by atoms with Crippen molar-refractivity contribution < 1.29 is 22.7 Å². The minimum Gasteiger partial charge on any atom is -0.493 e. The van der Waals surface area contributed by atoms with E-state index in [9.17, 15) is 18.0 Å². The number of rotatable bonds is 10. The molecule has 238 valence electrons. The summed E-state index contributed by atoms with van der Waals surface area (Å²) >= 11 is 0. The van der Waals surface area contributed by atoms with Crippen LogP contribution in [0.3, 0.4) is 0 Å². The molecular formula is C31H38N8O5S. The second kappa shape index (κ2) is 14.7. The van der Waals surface area contributed by atoms with Gasteiger partial charge in [0, 0.05) is 37.6 Å². The molecule has 45 heavy (non-hydrogen) atoms. The van der Waals surface area contributed by atoms with Gasteiger partial charge < -0.3 is 10.1 Å². The van der Waals surface area contributed by atoms with E-state index in [2.05, 4.69) is 20.7 Å². The van der Waals surface area contributed by atoms with Crippen LogP contribution in [-0.2, 0) is 23.2 Å². The van der Waals surface area contributed by atoms with Crippen LogP contribution in [-0.4, -0.2) is 58.3 Å². The first-order chi connectivity index (χ1) is 21.6. The van der Waals surface area contributed by atoms with E-state index in [0.717, 1.165) is 27.1 Å². The molecule has 4 amide bonds. The summed E-state index contributed by atoms with van der Waals surface area (Å²) in [5.74, 6) is 1.26. The van der Waals surface area contributed by atoms with Gasteiger partial charge in [-0.15, -0.1) is 0 Å². The highest BCUT2D eigenvalue weighted by Gasteiger charge is 2.38. The van der Waals surface area contributed by atoms with Crippen LogP contribution in [0.25, 0.3) is 5.69 Å². The van der Waals surface area contributed by atoms with Crippen LogP contribution in [0.4, 0.5) is 21.1 Å². The third kappa shape index (κ3) is 8.37. The minimum absolute atomic E-state index is 0.0315. The number of hydrazine groups is 1. The fourth-order valence-electron chi connectivity index (χ4n) is 4.30. The van der Waals surface area contributed by atoms with E-state index in [-0.39, 0.29) is 12.5 Å². The van der Waals surface area contributed by atoms with Crippen molar-refractivity contribution in [1.82, 2.24) is 28.9 Å². The monoisotopic (exact) mass is 634 g/mol. The molecule has 3 heterocycles. The number of pyridine rings is 1. The van der Waals surface area contributed by atoms with E-state index in [0.29, 0.717) is 35.1 Å². The number of nitrogens with zero attached hydrogens (tertiary/aromatic N) is 5. The van der Waals surface area contributed by atoms with Gasteiger partial charge in [-0.3, -0.25) is 10.3 Å². The van der Waals surface area contributed by atoms with E-state index in [1.807, 2.05) is 44.5 Å². The van der Waals surface area contributed by atoms with Crippen LogP contribution in [0, 0.1) is 0 Å². The second-order valence-electron chi connectivity index (χ2n) is 10.2. The van der Waals surface area contributed by atoms with Crippen LogP contribution in [0.5, 0.6) is 5.75 Å². The van der Waals surface area contributed by atoms with Crippen molar-refractivity contribution in [2.45, 2.75) is 46.6 Å². The predicted molar refractivity (Wildman–Crippen MR) is 172 cm³/mol. The molecule has 2 aromatic carbocycles. The number of carbonyl (C=O) groups excluding carboxylic acids is 2. The molecule has 14 heteroatoms. The van der Waals surface area contributed by atoms with Crippen LogP contribution in [0.2, 0.25) is 0 Å². The van der Waals surface area contributed by atoms with Crippen molar-refractivity contribution >= 4 is 33.8 Å². The van der Waals surface area contributed by atoms with E-state index in [4.69, 9.17) is 4.74 Å². The molecule has 5 rings (SSSR count). The molecule has 0 radical (unpaired) electrons. The zero-order valence-electron chi connectivity index (χ0n) is 25.9. The van der Waals surface area contributed by atoms with Gasteiger partial charge in [0.1, 0.15) is 11.6 Å². The van der Waals surface area contributed by atoms with E-state index in [1.54, 1.807) is 71.7 Å². The van der Waals surface area contributed by atoms with Crippen molar-refractivity contribution in [3.8, 4) is 11.4 Å². The Hall–Kier alpha value is -4.95. The topological polar surface area (TPSA) is 151 Å². The molecule has 13 nitrogen and oxygen atoms in total. The first-order valence-electron chi connectivity index (χ1n) is 14.6. The number of hydrogen-bond donors (Lipinski definition) is 3. The lowest BCUT2D eigenvalue weighted by molar-refractivity contribution is 0.132. The number of benzene rings is 2. The lowest BCUT2D eigenvalue weighted by atomic mass is 10.1. The number of nitrogens with one attached hydrogen (secondary N) is 3.